The summed E-state index contributed by atoms with van der Waals surface area (Å²) in [5, 5.41) is 2.60. The summed E-state index contributed by atoms with van der Waals surface area (Å²) in [6.45, 7) is 2.28. The Morgan fingerprint density at radius 1 is 1.47 bits per heavy atom. The predicted molar refractivity (Wildman–Crippen MR) is 63.0 cm³/mol. The molecule has 0 fully saturated rings. The van der Waals surface area contributed by atoms with E-state index in [1.807, 2.05) is 6.92 Å². The van der Waals surface area contributed by atoms with E-state index >= 15 is 0 Å². The van der Waals surface area contributed by atoms with Gasteiger partial charge in [-0.3, -0.25) is 4.79 Å². The zero-order valence-electron chi connectivity index (χ0n) is 9.47. The minimum atomic E-state index is -0.703. The van der Waals surface area contributed by atoms with Crippen LogP contribution in [0.25, 0.3) is 0 Å². The molecule has 0 aliphatic carbocycles. The number of alkyl halides is 1. The monoisotopic (exact) mass is 261 g/mol. The minimum absolute atomic E-state index is 0.0159. The van der Waals surface area contributed by atoms with Crippen molar-refractivity contribution >= 4 is 17.5 Å². The standard InChI is InChI=1S/C12H14ClF2NO/c1-8(13)4-5-16-12(17)6-9-2-3-10(14)7-11(9)15/h2-3,7-8H,4-6H2,1H3,(H,16,17). The third-order valence-corrected chi connectivity index (χ3v) is 2.45. The number of carbonyl (C=O) groups excluding carboxylic acids is 1. The van der Waals surface area contributed by atoms with E-state index in [9.17, 15) is 13.6 Å². The highest BCUT2D eigenvalue weighted by Crippen LogP contribution is 2.10. The number of nitrogens with one attached hydrogen (secondary N) is 1. The molecule has 1 amide bonds. The third-order valence-electron chi connectivity index (χ3n) is 2.23. The van der Waals surface area contributed by atoms with Crippen LogP contribution in [0, 0.1) is 11.6 Å². The van der Waals surface area contributed by atoms with Crippen molar-refractivity contribution in [1.29, 1.82) is 0 Å². The molecular weight excluding hydrogens is 248 g/mol. The van der Waals surface area contributed by atoms with Gasteiger partial charge in [-0.1, -0.05) is 6.07 Å². The van der Waals surface area contributed by atoms with E-state index in [1.165, 1.54) is 6.07 Å². The summed E-state index contributed by atoms with van der Waals surface area (Å²) in [6.07, 6.45) is 0.558. The fourth-order valence-corrected chi connectivity index (χ4v) is 1.42. The molecule has 0 aliphatic rings. The highest BCUT2D eigenvalue weighted by atomic mass is 35.5. The van der Waals surface area contributed by atoms with Crippen LogP contribution in [-0.4, -0.2) is 17.8 Å². The van der Waals surface area contributed by atoms with E-state index in [1.54, 1.807) is 0 Å². The zero-order valence-corrected chi connectivity index (χ0v) is 10.2. The van der Waals surface area contributed by atoms with Gasteiger partial charge in [-0.2, -0.15) is 0 Å². The number of hydrogen-bond acceptors (Lipinski definition) is 1. The van der Waals surface area contributed by atoms with Crippen molar-refractivity contribution < 1.29 is 13.6 Å². The van der Waals surface area contributed by atoms with Crippen LogP contribution >= 0.6 is 11.6 Å². The number of benzene rings is 1. The van der Waals surface area contributed by atoms with E-state index in [-0.39, 0.29) is 23.3 Å². The number of hydrogen-bond donors (Lipinski definition) is 1. The fraction of sp³-hybridized carbons (Fsp3) is 0.417. The highest BCUT2D eigenvalue weighted by Gasteiger charge is 2.09. The van der Waals surface area contributed by atoms with Crippen molar-refractivity contribution in [3.05, 3.63) is 35.4 Å². The molecule has 94 valence electrons. The Labute approximate surface area is 104 Å². The van der Waals surface area contributed by atoms with Crippen LogP contribution in [-0.2, 0) is 11.2 Å². The van der Waals surface area contributed by atoms with E-state index in [0.717, 1.165) is 12.1 Å². The second-order valence-electron chi connectivity index (χ2n) is 3.83. The summed E-state index contributed by atoms with van der Waals surface area (Å²) < 4.78 is 25.8. The molecule has 0 spiro atoms. The number of carbonyl (C=O) groups is 1. The summed E-state index contributed by atoms with van der Waals surface area (Å²) in [7, 11) is 0. The number of amides is 1. The molecule has 1 aromatic rings. The van der Waals surface area contributed by atoms with Gasteiger partial charge in [0.25, 0.3) is 0 Å². The molecule has 0 aromatic heterocycles. The maximum Gasteiger partial charge on any atom is 0.224 e. The molecular formula is C12H14ClF2NO. The Kier molecular flexibility index (Phi) is 5.35. The van der Waals surface area contributed by atoms with Crippen molar-refractivity contribution in [2.75, 3.05) is 6.54 Å². The molecule has 2 nitrogen and oxygen atoms in total. The molecule has 1 unspecified atom stereocenters. The maximum absolute atomic E-state index is 13.2. The van der Waals surface area contributed by atoms with Crippen molar-refractivity contribution in [3.63, 3.8) is 0 Å². The third kappa shape index (κ3) is 5.13. The molecule has 0 aliphatic heterocycles. The minimum Gasteiger partial charge on any atom is -0.356 e. The summed E-state index contributed by atoms with van der Waals surface area (Å²) in [4.78, 5) is 11.4. The van der Waals surface area contributed by atoms with Crippen LogP contribution in [0.1, 0.15) is 18.9 Å². The zero-order chi connectivity index (χ0) is 12.8. The molecule has 1 atom stereocenters. The topological polar surface area (TPSA) is 29.1 Å². The van der Waals surface area contributed by atoms with Gasteiger partial charge in [0.2, 0.25) is 5.91 Å². The van der Waals surface area contributed by atoms with E-state index < -0.39 is 11.6 Å². The van der Waals surface area contributed by atoms with Gasteiger partial charge in [0, 0.05) is 18.0 Å². The first-order valence-electron chi connectivity index (χ1n) is 5.33. The summed E-state index contributed by atoms with van der Waals surface area (Å²) in [6, 6.07) is 3.17. The molecule has 1 rings (SSSR count). The van der Waals surface area contributed by atoms with E-state index in [4.69, 9.17) is 11.6 Å². The molecule has 1 aromatic carbocycles. The van der Waals surface area contributed by atoms with Gasteiger partial charge in [-0.05, 0) is 25.0 Å². The Hall–Kier alpha value is -1.16. The van der Waals surface area contributed by atoms with Gasteiger partial charge < -0.3 is 5.32 Å². The van der Waals surface area contributed by atoms with E-state index in [2.05, 4.69) is 5.32 Å². The average molecular weight is 262 g/mol. The van der Waals surface area contributed by atoms with Gasteiger partial charge in [-0.25, -0.2) is 8.78 Å². The van der Waals surface area contributed by atoms with Crippen LogP contribution in [0.3, 0.4) is 0 Å². The largest absolute Gasteiger partial charge is 0.356 e. The molecule has 0 radical (unpaired) electrons. The van der Waals surface area contributed by atoms with Crippen LogP contribution in [0.4, 0.5) is 8.78 Å². The van der Waals surface area contributed by atoms with Crippen LogP contribution in [0.2, 0.25) is 0 Å². The summed E-state index contributed by atoms with van der Waals surface area (Å²) in [5.41, 5.74) is 0.183. The van der Waals surface area contributed by atoms with Crippen LogP contribution in [0.15, 0.2) is 18.2 Å². The first-order valence-corrected chi connectivity index (χ1v) is 5.77. The molecule has 5 heteroatoms. The Morgan fingerprint density at radius 2 is 2.18 bits per heavy atom. The predicted octanol–water partition coefficient (Wildman–Crippen LogP) is 2.64. The normalized spacial score (nSPS) is 12.2. The quantitative estimate of drug-likeness (QED) is 0.811. The molecule has 1 N–H and O–H groups in total. The highest BCUT2D eigenvalue weighted by molar-refractivity contribution is 6.20. The Bertz CT molecular complexity index is 396. The van der Waals surface area contributed by atoms with Gasteiger partial charge in [0.15, 0.2) is 0 Å². The molecule has 0 bridgehead atoms. The van der Waals surface area contributed by atoms with Crippen molar-refractivity contribution in [3.8, 4) is 0 Å². The first kappa shape index (κ1) is 13.9. The molecule has 0 saturated carbocycles. The van der Waals surface area contributed by atoms with Crippen molar-refractivity contribution in [2.24, 2.45) is 0 Å². The SMILES string of the molecule is CC(Cl)CCNC(=O)Cc1ccc(F)cc1F. The molecule has 17 heavy (non-hydrogen) atoms. The lowest BCUT2D eigenvalue weighted by molar-refractivity contribution is -0.120. The Balaban J connectivity index is 2.45. The van der Waals surface area contributed by atoms with Gasteiger partial charge in [-0.15, -0.1) is 11.6 Å². The van der Waals surface area contributed by atoms with Crippen molar-refractivity contribution in [1.82, 2.24) is 5.32 Å². The second-order valence-corrected chi connectivity index (χ2v) is 4.58. The van der Waals surface area contributed by atoms with Crippen molar-refractivity contribution in [2.45, 2.75) is 25.1 Å². The lowest BCUT2D eigenvalue weighted by Crippen LogP contribution is -2.27. The van der Waals surface area contributed by atoms with Gasteiger partial charge in [0.05, 0.1) is 6.42 Å². The fourth-order valence-electron chi connectivity index (χ4n) is 1.31. The maximum atomic E-state index is 13.2. The van der Waals surface area contributed by atoms with Gasteiger partial charge >= 0.3 is 0 Å². The van der Waals surface area contributed by atoms with Crippen LogP contribution in [0.5, 0.6) is 0 Å². The number of rotatable bonds is 5. The lowest BCUT2D eigenvalue weighted by atomic mass is 10.1. The van der Waals surface area contributed by atoms with E-state index in [0.29, 0.717) is 13.0 Å². The summed E-state index contributed by atoms with van der Waals surface area (Å²) >= 11 is 5.71. The average Bonchev–Trinajstić information content (AvgIpc) is 2.21. The van der Waals surface area contributed by atoms with Gasteiger partial charge in [0.1, 0.15) is 11.6 Å². The second kappa shape index (κ2) is 6.55. The first-order chi connectivity index (χ1) is 7.99. The molecule has 0 heterocycles. The summed E-state index contributed by atoms with van der Waals surface area (Å²) in [5.74, 6) is -1.65. The number of halogens is 3. The smallest absolute Gasteiger partial charge is 0.224 e. The Morgan fingerprint density at radius 3 is 2.76 bits per heavy atom. The molecule has 0 saturated heterocycles. The van der Waals surface area contributed by atoms with Crippen LogP contribution < -0.4 is 5.32 Å². The lowest BCUT2D eigenvalue weighted by Gasteiger charge is -2.07.